The molecule has 324 valence electrons. The van der Waals surface area contributed by atoms with Gasteiger partial charge in [-0.25, -0.2) is 4.98 Å². The van der Waals surface area contributed by atoms with E-state index in [1.54, 1.807) is 0 Å². The number of fused-ring (bicyclic) bond motifs is 6. The molecule has 2 nitrogen and oxygen atoms in total. The number of nitrogens with zero attached hydrogens (tertiary/aromatic N) is 2. The first-order valence-electron chi connectivity index (χ1n) is 23.6. The van der Waals surface area contributed by atoms with Gasteiger partial charge in [0.1, 0.15) is 5.82 Å². The van der Waals surface area contributed by atoms with Gasteiger partial charge in [-0.1, -0.05) is 255 Å². The maximum Gasteiger partial charge on any atom is 0.145 e. The highest BCUT2D eigenvalue weighted by molar-refractivity contribution is 6.24. The lowest BCUT2D eigenvalue weighted by molar-refractivity contribution is 1.11. The van der Waals surface area contributed by atoms with Gasteiger partial charge < -0.3 is 0 Å². The van der Waals surface area contributed by atoms with E-state index >= 15 is 0 Å². The molecule has 0 aliphatic carbocycles. The number of imidazole rings is 1. The standard InChI is InChI=1S/C67H46N2/c1-5-18-52(19-6-1)63(53-20-7-2-8-21-53)44-47-32-36-49(37-33-47)50-40-42-56(43-41-50)67-68-65-61-30-15-13-28-59(61)60-29-14-16-31-62(60)66(65)69(67)58-27-17-26-57(46-58)51-38-34-48(35-39-51)45-64(54-22-9-3-10-23-54)55-24-11-4-12-25-55/h1-46H. The van der Waals surface area contributed by atoms with Crippen molar-refractivity contribution in [3.63, 3.8) is 0 Å². The van der Waals surface area contributed by atoms with Gasteiger partial charge in [-0.15, -0.1) is 0 Å². The second-order valence-electron chi connectivity index (χ2n) is 17.5. The molecule has 11 aromatic carbocycles. The number of rotatable bonds is 10. The van der Waals surface area contributed by atoms with Crippen LogP contribution in [-0.4, -0.2) is 9.55 Å². The Balaban J connectivity index is 0.930. The molecule has 0 bridgehead atoms. The average Bonchev–Trinajstić information content (AvgIpc) is 3.85. The van der Waals surface area contributed by atoms with Crippen molar-refractivity contribution in [2.45, 2.75) is 0 Å². The van der Waals surface area contributed by atoms with Gasteiger partial charge in [0.25, 0.3) is 0 Å². The van der Waals surface area contributed by atoms with E-state index in [4.69, 9.17) is 4.98 Å². The first-order chi connectivity index (χ1) is 34.2. The van der Waals surface area contributed by atoms with Crippen molar-refractivity contribution in [1.82, 2.24) is 9.55 Å². The van der Waals surface area contributed by atoms with Crippen LogP contribution in [0.5, 0.6) is 0 Å². The molecule has 0 radical (unpaired) electrons. The topological polar surface area (TPSA) is 17.8 Å². The van der Waals surface area contributed by atoms with Crippen molar-refractivity contribution >= 4 is 55.9 Å². The van der Waals surface area contributed by atoms with E-state index < -0.39 is 0 Å². The SMILES string of the molecule is C(=C(c1ccccc1)c1ccccc1)c1ccc(-c2ccc(-c3nc4c5ccccc5c5ccccc5c4n3-c3cccc(-c4ccc(C=C(c5ccccc5)c5ccccc5)cc4)c3)cc2)cc1. The van der Waals surface area contributed by atoms with Gasteiger partial charge in [0.15, 0.2) is 0 Å². The van der Waals surface area contributed by atoms with Gasteiger partial charge in [-0.05, 0) is 102 Å². The first kappa shape index (κ1) is 41.3. The molecule has 0 aliphatic heterocycles. The Morgan fingerprint density at radius 2 is 0.681 bits per heavy atom. The second kappa shape index (κ2) is 18.3. The number of benzene rings is 11. The molecule has 0 aliphatic rings. The number of hydrogen-bond donors (Lipinski definition) is 0. The Hall–Kier alpha value is -9.11. The zero-order valence-electron chi connectivity index (χ0n) is 38.0. The van der Waals surface area contributed by atoms with Crippen LogP contribution in [0.1, 0.15) is 33.4 Å². The van der Waals surface area contributed by atoms with E-state index in [9.17, 15) is 0 Å². The maximum atomic E-state index is 5.57. The summed E-state index contributed by atoms with van der Waals surface area (Å²) in [6, 6.07) is 95.6. The van der Waals surface area contributed by atoms with E-state index in [1.807, 2.05) is 0 Å². The van der Waals surface area contributed by atoms with Crippen molar-refractivity contribution in [2.24, 2.45) is 0 Å². The van der Waals surface area contributed by atoms with Gasteiger partial charge >= 0.3 is 0 Å². The fourth-order valence-electron chi connectivity index (χ4n) is 9.80. The fraction of sp³-hybridized carbons (Fsp3) is 0. The van der Waals surface area contributed by atoms with Crippen LogP contribution in [0.4, 0.5) is 0 Å². The monoisotopic (exact) mass is 878 g/mol. The predicted molar refractivity (Wildman–Crippen MR) is 292 cm³/mol. The number of hydrogen-bond acceptors (Lipinski definition) is 1. The van der Waals surface area contributed by atoms with E-state index in [0.29, 0.717) is 0 Å². The Morgan fingerprint density at radius 3 is 1.16 bits per heavy atom. The van der Waals surface area contributed by atoms with Crippen molar-refractivity contribution in [3.8, 4) is 39.3 Å². The minimum Gasteiger partial charge on any atom is -0.292 e. The third kappa shape index (κ3) is 8.15. The molecule has 0 spiro atoms. The van der Waals surface area contributed by atoms with E-state index in [-0.39, 0.29) is 0 Å². The first-order valence-corrected chi connectivity index (χ1v) is 23.6. The normalized spacial score (nSPS) is 11.2. The molecule has 0 unspecified atom stereocenters. The van der Waals surface area contributed by atoms with Gasteiger partial charge in [0.05, 0.1) is 11.0 Å². The summed E-state index contributed by atoms with van der Waals surface area (Å²) in [5.41, 5.74) is 18.3. The molecule has 0 saturated carbocycles. The minimum atomic E-state index is 0.903. The average molecular weight is 879 g/mol. The maximum absolute atomic E-state index is 5.57. The predicted octanol–water partition coefficient (Wildman–Crippen LogP) is 17.5. The quantitative estimate of drug-likeness (QED) is 0.0988. The van der Waals surface area contributed by atoms with E-state index in [2.05, 4.69) is 284 Å². The molecule has 2 heteroatoms. The molecule has 12 rings (SSSR count). The van der Waals surface area contributed by atoms with Crippen LogP contribution in [-0.2, 0) is 0 Å². The summed E-state index contributed by atoms with van der Waals surface area (Å²) in [5, 5.41) is 4.74. The van der Waals surface area contributed by atoms with Gasteiger partial charge in [0.2, 0.25) is 0 Å². The molecule has 1 aromatic heterocycles. The molecule has 0 N–H and O–H groups in total. The summed E-state index contributed by atoms with van der Waals surface area (Å²) in [6.07, 6.45) is 4.57. The summed E-state index contributed by atoms with van der Waals surface area (Å²) in [5.74, 6) is 0.903. The van der Waals surface area contributed by atoms with Crippen molar-refractivity contribution in [1.29, 1.82) is 0 Å². The molecule has 0 amide bonds. The van der Waals surface area contributed by atoms with Crippen LogP contribution >= 0.6 is 0 Å². The molecule has 12 aromatic rings. The highest BCUT2D eigenvalue weighted by atomic mass is 15.1. The highest BCUT2D eigenvalue weighted by Crippen LogP contribution is 2.40. The van der Waals surface area contributed by atoms with Gasteiger partial charge in [0, 0.05) is 22.0 Å². The van der Waals surface area contributed by atoms with E-state index in [1.165, 1.54) is 49.6 Å². The summed E-state index contributed by atoms with van der Waals surface area (Å²) >= 11 is 0. The van der Waals surface area contributed by atoms with Crippen molar-refractivity contribution < 1.29 is 0 Å². The second-order valence-corrected chi connectivity index (χ2v) is 17.5. The molecule has 0 saturated heterocycles. The summed E-state index contributed by atoms with van der Waals surface area (Å²) in [4.78, 5) is 5.57. The molecule has 0 fully saturated rings. The Bertz CT molecular complexity index is 3730. The largest absolute Gasteiger partial charge is 0.292 e. The lowest BCUT2D eigenvalue weighted by atomic mass is 9.95. The lowest BCUT2D eigenvalue weighted by Crippen LogP contribution is -1.99. The van der Waals surface area contributed by atoms with Crippen LogP contribution in [0.2, 0.25) is 0 Å². The van der Waals surface area contributed by atoms with E-state index in [0.717, 1.165) is 66.9 Å². The van der Waals surface area contributed by atoms with Gasteiger partial charge in [-0.3, -0.25) is 4.57 Å². The third-order valence-electron chi connectivity index (χ3n) is 13.2. The van der Waals surface area contributed by atoms with Crippen LogP contribution in [0, 0.1) is 0 Å². The fourth-order valence-corrected chi connectivity index (χ4v) is 9.80. The van der Waals surface area contributed by atoms with Crippen LogP contribution in [0.15, 0.2) is 267 Å². The lowest BCUT2D eigenvalue weighted by Gasteiger charge is -2.14. The molecular formula is C67H46N2. The molecule has 69 heavy (non-hydrogen) atoms. The van der Waals surface area contributed by atoms with Gasteiger partial charge in [-0.2, -0.15) is 0 Å². The zero-order valence-corrected chi connectivity index (χ0v) is 38.0. The number of aromatic nitrogens is 2. The molecule has 0 atom stereocenters. The smallest absolute Gasteiger partial charge is 0.145 e. The molecular weight excluding hydrogens is 833 g/mol. The highest BCUT2D eigenvalue weighted by Gasteiger charge is 2.21. The van der Waals surface area contributed by atoms with Crippen LogP contribution < -0.4 is 0 Å². The third-order valence-corrected chi connectivity index (χ3v) is 13.2. The van der Waals surface area contributed by atoms with Crippen molar-refractivity contribution in [2.75, 3.05) is 0 Å². The Labute approximate surface area is 403 Å². The van der Waals surface area contributed by atoms with Crippen molar-refractivity contribution in [3.05, 3.63) is 300 Å². The summed E-state index contributed by atoms with van der Waals surface area (Å²) in [7, 11) is 0. The summed E-state index contributed by atoms with van der Waals surface area (Å²) < 4.78 is 2.38. The molecule has 1 heterocycles. The Morgan fingerprint density at radius 1 is 0.304 bits per heavy atom. The zero-order chi connectivity index (χ0) is 45.9. The summed E-state index contributed by atoms with van der Waals surface area (Å²) in [6.45, 7) is 0. The minimum absolute atomic E-state index is 0.903. The van der Waals surface area contributed by atoms with Crippen LogP contribution in [0.25, 0.3) is 95.2 Å². The van der Waals surface area contributed by atoms with Crippen LogP contribution in [0.3, 0.4) is 0 Å². The Kier molecular flexibility index (Phi) is 11.0.